The van der Waals surface area contributed by atoms with E-state index >= 15 is 0 Å². The van der Waals surface area contributed by atoms with Crippen LogP contribution in [0.15, 0.2) is 12.4 Å². The molecule has 0 radical (unpaired) electrons. The Labute approximate surface area is 136 Å². The minimum absolute atomic E-state index is 0.634. The van der Waals surface area contributed by atoms with Crippen molar-refractivity contribution in [3.05, 3.63) is 18.0 Å². The average Bonchev–Trinajstić information content (AvgIpc) is 3.06. The summed E-state index contributed by atoms with van der Waals surface area (Å²) in [6, 6.07) is 0.634. The molecule has 0 atom stereocenters. The quantitative estimate of drug-likeness (QED) is 0.774. The fraction of sp³-hybridized carbons (Fsp3) is 0.842. The van der Waals surface area contributed by atoms with Gasteiger partial charge in [0, 0.05) is 19.3 Å². The first-order valence-electron chi connectivity index (χ1n) is 9.60. The second-order valence-corrected chi connectivity index (χ2v) is 7.40. The normalized spacial score (nSPS) is 22.2. The Morgan fingerprint density at radius 3 is 2.55 bits per heavy atom. The van der Waals surface area contributed by atoms with Crippen LogP contribution in [0.3, 0.4) is 0 Å². The Balaban J connectivity index is 1.34. The maximum atomic E-state index is 4.56. The van der Waals surface area contributed by atoms with Crippen LogP contribution in [0.4, 0.5) is 0 Å². The lowest BCUT2D eigenvalue weighted by Gasteiger charge is -2.32. The Hall–Kier alpha value is -0.830. The molecule has 1 saturated heterocycles. The maximum Gasteiger partial charge on any atom is 0.0543 e. The molecule has 0 spiro atoms. The number of nitrogens with zero attached hydrogens (tertiary/aromatic N) is 3. The van der Waals surface area contributed by atoms with Crippen molar-refractivity contribution in [1.29, 1.82) is 0 Å². The van der Waals surface area contributed by atoms with Crippen molar-refractivity contribution in [3.8, 4) is 0 Å². The molecule has 2 aliphatic rings. The summed E-state index contributed by atoms with van der Waals surface area (Å²) in [6.45, 7) is 6.05. The predicted octanol–water partition coefficient (Wildman–Crippen LogP) is 4.44. The molecule has 0 amide bonds. The third kappa shape index (κ3) is 4.34. The number of piperidine rings is 1. The van der Waals surface area contributed by atoms with E-state index in [9.17, 15) is 0 Å². The van der Waals surface area contributed by atoms with Gasteiger partial charge in [0.2, 0.25) is 0 Å². The van der Waals surface area contributed by atoms with Gasteiger partial charge in [0.15, 0.2) is 0 Å². The number of hydrogen-bond acceptors (Lipinski definition) is 2. The van der Waals surface area contributed by atoms with Crippen LogP contribution in [-0.2, 0) is 6.42 Å². The van der Waals surface area contributed by atoms with Gasteiger partial charge in [-0.1, -0.05) is 39.0 Å². The molecule has 2 heterocycles. The van der Waals surface area contributed by atoms with Crippen LogP contribution in [0.2, 0.25) is 0 Å². The largest absolute Gasteiger partial charge is 0.303 e. The average molecular weight is 303 g/mol. The van der Waals surface area contributed by atoms with Crippen LogP contribution in [0.5, 0.6) is 0 Å². The van der Waals surface area contributed by atoms with Crippen LogP contribution in [0.1, 0.15) is 76.3 Å². The third-order valence-corrected chi connectivity index (χ3v) is 5.81. The smallest absolute Gasteiger partial charge is 0.0543 e. The van der Waals surface area contributed by atoms with E-state index in [2.05, 4.69) is 27.8 Å². The molecule has 124 valence electrons. The van der Waals surface area contributed by atoms with E-state index in [4.69, 9.17) is 0 Å². The van der Waals surface area contributed by atoms with Crippen molar-refractivity contribution in [2.45, 2.75) is 77.2 Å². The second kappa shape index (κ2) is 8.14. The topological polar surface area (TPSA) is 21.1 Å². The zero-order valence-electron chi connectivity index (χ0n) is 14.3. The zero-order valence-corrected chi connectivity index (χ0v) is 14.3. The van der Waals surface area contributed by atoms with E-state index in [0.29, 0.717) is 6.04 Å². The van der Waals surface area contributed by atoms with Crippen LogP contribution in [0, 0.1) is 5.92 Å². The minimum Gasteiger partial charge on any atom is -0.303 e. The fourth-order valence-corrected chi connectivity index (χ4v) is 4.25. The molecule has 3 rings (SSSR count). The van der Waals surface area contributed by atoms with Crippen LogP contribution in [-0.4, -0.2) is 34.3 Å². The lowest BCUT2D eigenvalue weighted by atomic mass is 9.86. The molecule has 1 aromatic rings. The van der Waals surface area contributed by atoms with Gasteiger partial charge in [-0.3, -0.25) is 4.68 Å². The molecule has 0 N–H and O–H groups in total. The van der Waals surface area contributed by atoms with Gasteiger partial charge in [-0.2, -0.15) is 5.10 Å². The van der Waals surface area contributed by atoms with Gasteiger partial charge < -0.3 is 4.90 Å². The highest BCUT2D eigenvalue weighted by atomic mass is 15.3. The van der Waals surface area contributed by atoms with Gasteiger partial charge >= 0.3 is 0 Å². The lowest BCUT2D eigenvalue weighted by Crippen LogP contribution is -2.35. The summed E-state index contributed by atoms with van der Waals surface area (Å²) < 4.78 is 2.22. The highest BCUT2D eigenvalue weighted by Gasteiger charge is 2.21. The van der Waals surface area contributed by atoms with Crippen LogP contribution >= 0.6 is 0 Å². The number of aromatic nitrogens is 2. The number of rotatable bonds is 6. The Morgan fingerprint density at radius 2 is 1.86 bits per heavy atom. The van der Waals surface area contributed by atoms with E-state index in [1.54, 1.807) is 0 Å². The summed E-state index contributed by atoms with van der Waals surface area (Å²) in [4.78, 5) is 2.68. The summed E-state index contributed by atoms with van der Waals surface area (Å²) in [5, 5.41) is 4.56. The molecule has 0 bridgehead atoms. The van der Waals surface area contributed by atoms with Crippen LogP contribution < -0.4 is 0 Å². The first-order valence-corrected chi connectivity index (χ1v) is 9.60. The van der Waals surface area contributed by atoms with Crippen molar-refractivity contribution in [3.63, 3.8) is 0 Å². The molecule has 22 heavy (non-hydrogen) atoms. The highest BCUT2D eigenvalue weighted by Crippen LogP contribution is 2.28. The van der Waals surface area contributed by atoms with Crippen molar-refractivity contribution < 1.29 is 0 Å². The van der Waals surface area contributed by atoms with Gasteiger partial charge in [0.25, 0.3) is 0 Å². The summed E-state index contributed by atoms with van der Waals surface area (Å²) in [5.74, 6) is 1.04. The summed E-state index contributed by atoms with van der Waals surface area (Å²) in [5.41, 5.74) is 1.37. The van der Waals surface area contributed by atoms with E-state index < -0.39 is 0 Å². The zero-order chi connectivity index (χ0) is 15.2. The monoisotopic (exact) mass is 303 g/mol. The molecule has 1 aromatic heterocycles. The Kier molecular flexibility index (Phi) is 5.94. The number of aryl methyl sites for hydroxylation is 1. The first-order chi connectivity index (χ1) is 10.8. The maximum absolute atomic E-state index is 4.56. The van der Waals surface area contributed by atoms with Gasteiger partial charge in [0.05, 0.1) is 12.2 Å². The van der Waals surface area contributed by atoms with Gasteiger partial charge in [-0.25, -0.2) is 0 Å². The molecular weight excluding hydrogens is 270 g/mol. The predicted molar refractivity (Wildman–Crippen MR) is 92.1 cm³/mol. The molecule has 3 nitrogen and oxygen atoms in total. The highest BCUT2D eigenvalue weighted by molar-refractivity contribution is 5.04. The molecule has 0 aromatic carbocycles. The molecule has 3 heteroatoms. The van der Waals surface area contributed by atoms with E-state index in [-0.39, 0.29) is 0 Å². The van der Waals surface area contributed by atoms with Gasteiger partial charge in [-0.05, 0) is 50.1 Å². The molecule has 2 fully saturated rings. The summed E-state index contributed by atoms with van der Waals surface area (Å²) in [6.07, 6.45) is 18.3. The number of hydrogen-bond donors (Lipinski definition) is 0. The third-order valence-electron chi connectivity index (χ3n) is 5.81. The Bertz CT molecular complexity index is 426. The van der Waals surface area contributed by atoms with E-state index in [0.717, 1.165) is 12.3 Å². The Morgan fingerprint density at radius 1 is 1.09 bits per heavy atom. The second-order valence-electron chi connectivity index (χ2n) is 7.40. The van der Waals surface area contributed by atoms with Crippen LogP contribution in [0.25, 0.3) is 0 Å². The first kappa shape index (κ1) is 16.0. The van der Waals surface area contributed by atoms with Gasteiger partial charge in [-0.15, -0.1) is 0 Å². The summed E-state index contributed by atoms with van der Waals surface area (Å²) in [7, 11) is 0. The molecular formula is C19H33N3. The minimum atomic E-state index is 0.634. The van der Waals surface area contributed by atoms with Crippen molar-refractivity contribution in [1.82, 2.24) is 14.7 Å². The van der Waals surface area contributed by atoms with Crippen molar-refractivity contribution in [2.75, 3.05) is 19.6 Å². The number of likely N-dealkylation sites (tertiary alicyclic amines) is 1. The standard InChI is InChI=1S/C19H33N3/c1-2-17-15-20-22(16-17)19-10-13-21(14-11-19)12-6-9-18-7-4-3-5-8-18/h15-16,18-19H,2-14H2,1H3. The SMILES string of the molecule is CCc1cnn(C2CCN(CCCC3CCCCC3)CC2)c1. The van der Waals surface area contributed by atoms with Gasteiger partial charge in [0.1, 0.15) is 0 Å². The van der Waals surface area contributed by atoms with Crippen molar-refractivity contribution in [2.24, 2.45) is 5.92 Å². The van der Waals surface area contributed by atoms with Crippen molar-refractivity contribution >= 4 is 0 Å². The summed E-state index contributed by atoms with van der Waals surface area (Å²) >= 11 is 0. The van der Waals surface area contributed by atoms with E-state index in [1.807, 2.05) is 6.20 Å². The fourth-order valence-electron chi connectivity index (χ4n) is 4.25. The lowest BCUT2D eigenvalue weighted by molar-refractivity contribution is 0.172. The molecule has 1 aliphatic carbocycles. The van der Waals surface area contributed by atoms with E-state index in [1.165, 1.54) is 83.0 Å². The molecule has 0 unspecified atom stereocenters. The molecule has 1 saturated carbocycles. The molecule has 1 aliphatic heterocycles.